The number of likely N-dealkylation sites (tertiary alicyclic amines) is 2. The summed E-state index contributed by atoms with van der Waals surface area (Å²) in [6.07, 6.45) is -2.99. The fraction of sp³-hybridized carbons (Fsp3) is 0.370. The number of nitrogens with zero attached hydrogens (tertiary/aromatic N) is 4. The molecule has 2 saturated heterocycles. The standard InChI is InChI=1S/C22H23Cl2FN4O3.C14H20ClFN2O2.C8H5ClN2O2.C2HF3O2/c23-13-1-4-19-20(9-13)28-21(27-19)22(31)26-14-5-7-29(8-6-14)11-15(30)12-32-16-2-3-17(24)18(25)10-16;15-13-2-1-12(7-14(13)16)20-9-11(19)8-18-5-3-10(17)4-6-18;9-4-1-2-5-6(3-4)11-7(10-5)8(12)13;3-2(4,5)1(6)7/h1-4,9-10,14-15,30H,5-8,11-12H2,(H,26,31)(H,27,28);1-2,7,10-11,19H,3-6,8-9,17H2;1-3H,(H,10,11)(H,12,13);(H,6,7). The van der Waals surface area contributed by atoms with Gasteiger partial charge >= 0.3 is 18.1 Å². The number of carboxylic acids is 2. The molecule has 6 aromatic rings. The van der Waals surface area contributed by atoms with E-state index in [9.17, 15) is 41.8 Å². The van der Waals surface area contributed by atoms with E-state index in [0.717, 1.165) is 57.4 Å². The molecule has 17 nitrogen and oxygen atoms in total. The summed E-state index contributed by atoms with van der Waals surface area (Å²) in [5, 5.41) is 40.2. The number of hydrogen-bond acceptors (Lipinski definition) is 12. The maximum atomic E-state index is 13.5. The number of ether oxygens (including phenoxy) is 2. The Morgan fingerprint density at radius 2 is 1.11 bits per heavy atom. The molecule has 0 radical (unpaired) electrons. The van der Waals surface area contributed by atoms with Crippen LogP contribution >= 0.6 is 46.4 Å². The normalized spacial score (nSPS) is 15.5. The molecular formula is C46H49Cl4F5N8O9. The Labute approximate surface area is 427 Å². The average Bonchev–Trinajstić information content (AvgIpc) is 3.96. The molecular weight excluding hydrogens is 1050 g/mol. The number of aliphatic hydroxyl groups excluding tert-OH is 2. The molecule has 2 aliphatic heterocycles. The van der Waals surface area contributed by atoms with Crippen molar-refractivity contribution in [1.82, 2.24) is 35.1 Å². The zero-order valence-electron chi connectivity index (χ0n) is 37.8. The Hall–Kier alpha value is -5.56. The van der Waals surface area contributed by atoms with Crippen LogP contribution in [0.4, 0.5) is 22.0 Å². The van der Waals surface area contributed by atoms with Gasteiger partial charge in [0.05, 0.1) is 32.1 Å². The van der Waals surface area contributed by atoms with Gasteiger partial charge in [-0.15, -0.1) is 0 Å². The molecule has 72 heavy (non-hydrogen) atoms. The van der Waals surface area contributed by atoms with Crippen molar-refractivity contribution in [3.8, 4) is 11.5 Å². The predicted molar refractivity (Wildman–Crippen MR) is 259 cm³/mol. The minimum Gasteiger partial charge on any atom is -0.491 e. The van der Waals surface area contributed by atoms with E-state index in [4.69, 9.17) is 76.6 Å². The molecule has 0 spiro atoms. The number of hydrogen-bond donors (Lipinski definition) is 8. The Morgan fingerprint density at radius 1 is 0.694 bits per heavy atom. The molecule has 0 saturated carbocycles. The monoisotopic (exact) mass is 1090 g/mol. The third kappa shape index (κ3) is 18.5. The molecule has 9 N–H and O–H groups in total. The van der Waals surface area contributed by atoms with Crippen LogP contribution in [0, 0.1) is 11.6 Å². The maximum absolute atomic E-state index is 13.5. The molecule has 26 heteroatoms. The van der Waals surface area contributed by atoms with Crippen LogP contribution in [0.3, 0.4) is 0 Å². The molecule has 2 unspecified atom stereocenters. The van der Waals surface area contributed by atoms with E-state index in [2.05, 4.69) is 35.1 Å². The lowest BCUT2D eigenvalue weighted by molar-refractivity contribution is -0.192. The van der Waals surface area contributed by atoms with Gasteiger partial charge in [0.25, 0.3) is 5.91 Å². The summed E-state index contributed by atoms with van der Waals surface area (Å²) in [4.78, 5) is 50.0. The van der Waals surface area contributed by atoms with Crippen molar-refractivity contribution in [2.75, 3.05) is 52.5 Å². The molecule has 390 valence electrons. The van der Waals surface area contributed by atoms with Crippen molar-refractivity contribution in [2.45, 2.75) is 56.2 Å². The minimum atomic E-state index is -5.08. The van der Waals surface area contributed by atoms with Gasteiger partial charge in [-0.1, -0.05) is 46.4 Å². The molecule has 0 aliphatic carbocycles. The number of benzene rings is 4. The molecule has 2 fully saturated rings. The molecule has 2 aromatic heterocycles. The van der Waals surface area contributed by atoms with E-state index in [1.807, 2.05) is 0 Å². The molecule has 2 atom stereocenters. The van der Waals surface area contributed by atoms with Gasteiger partial charge in [0, 0.05) is 60.4 Å². The third-order valence-corrected chi connectivity index (χ3v) is 11.8. The number of alkyl halides is 3. The van der Waals surface area contributed by atoms with Gasteiger partial charge in [0.1, 0.15) is 48.6 Å². The van der Waals surface area contributed by atoms with Crippen molar-refractivity contribution in [2.24, 2.45) is 5.73 Å². The number of carbonyl (C=O) groups excluding carboxylic acids is 1. The van der Waals surface area contributed by atoms with Crippen LogP contribution in [0.1, 0.15) is 46.9 Å². The number of imidazole rings is 2. The molecule has 4 aromatic carbocycles. The Morgan fingerprint density at radius 3 is 1.53 bits per heavy atom. The van der Waals surface area contributed by atoms with Gasteiger partial charge in [-0.25, -0.2) is 28.3 Å². The van der Waals surface area contributed by atoms with Gasteiger partial charge in [0.2, 0.25) is 5.82 Å². The highest BCUT2D eigenvalue weighted by Gasteiger charge is 2.38. The molecule has 0 bridgehead atoms. The highest BCUT2D eigenvalue weighted by Crippen LogP contribution is 2.23. The summed E-state index contributed by atoms with van der Waals surface area (Å²) in [6.45, 7) is 4.41. The van der Waals surface area contributed by atoms with Gasteiger partial charge in [-0.05, 0) is 99.4 Å². The van der Waals surface area contributed by atoms with Crippen molar-refractivity contribution in [3.05, 3.63) is 116 Å². The largest absolute Gasteiger partial charge is 0.491 e. The maximum Gasteiger partial charge on any atom is 0.490 e. The van der Waals surface area contributed by atoms with Crippen molar-refractivity contribution >= 4 is 86.3 Å². The Bertz CT molecular complexity index is 2760. The van der Waals surface area contributed by atoms with Crippen LogP contribution in [-0.2, 0) is 4.79 Å². The number of amides is 1. The first-order valence-corrected chi connectivity index (χ1v) is 23.4. The summed E-state index contributed by atoms with van der Waals surface area (Å²) in [6, 6.07) is 18.9. The third-order valence-electron chi connectivity index (χ3n) is 10.7. The van der Waals surface area contributed by atoms with E-state index in [1.54, 1.807) is 48.5 Å². The van der Waals surface area contributed by atoms with E-state index in [-0.39, 0.29) is 52.9 Å². The van der Waals surface area contributed by atoms with E-state index < -0.39 is 42.0 Å². The highest BCUT2D eigenvalue weighted by atomic mass is 35.5. The molecule has 2 aliphatic rings. The van der Waals surface area contributed by atoms with Gasteiger partial charge in [-0.2, -0.15) is 13.2 Å². The predicted octanol–water partition coefficient (Wildman–Crippen LogP) is 7.83. The van der Waals surface area contributed by atoms with Crippen LogP contribution < -0.4 is 20.5 Å². The van der Waals surface area contributed by atoms with Gasteiger partial charge in [-0.3, -0.25) is 4.79 Å². The lowest BCUT2D eigenvalue weighted by Crippen LogP contribution is -2.47. The minimum absolute atomic E-state index is 0.0255. The van der Waals surface area contributed by atoms with Crippen LogP contribution in [0.25, 0.3) is 22.1 Å². The topological polar surface area (TPSA) is 252 Å². The number of β-amino-alcohol motifs (C(OH)–C–C–N with tert-alkyl or cyclic N) is 2. The average molecular weight is 1090 g/mol. The lowest BCUT2D eigenvalue weighted by Gasteiger charge is -2.33. The van der Waals surface area contributed by atoms with E-state index in [0.29, 0.717) is 51.2 Å². The summed E-state index contributed by atoms with van der Waals surface area (Å²) < 4.78 is 69.2. The second-order valence-electron chi connectivity index (χ2n) is 16.4. The van der Waals surface area contributed by atoms with Crippen LogP contribution in [0.2, 0.25) is 20.1 Å². The van der Waals surface area contributed by atoms with Crippen LogP contribution in [0.5, 0.6) is 11.5 Å². The number of halogens is 9. The van der Waals surface area contributed by atoms with Gasteiger partial charge < -0.3 is 60.7 Å². The summed E-state index contributed by atoms with van der Waals surface area (Å²) in [5.74, 6) is -4.29. The zero-order chi connectivity index (χ0) is 52.7. The fourth-order valence-electron chi connectivity index (χ4n) is 7.04. The summed E-state index contributed by atoms with van der Waals surface area (Å²) in [5.41, 5.74) is 8.46. The van der Waals surface area contributed by atoms with Gasteiger partial charge in [0.15, 0.2) is 5.82 Å². The SMILES string of the molecule is NC1CCN(CC(O)COc2ccc(Cl)c(F)c2)CC1.O=C(NC1CCN(CC(O)COc2ccc(Cl)c(F)c2)CC1)c1nc2ccc(Cl)cc2[nH]1.O=C(O)C(F)(F)F.O=C(O)c1nc2ccc(Cl)cc2[nH]1. The Kier molecular flexibility index (Phi) is 21.5. The van der Waals surface area contributed by atoms with E-state index in [1.165, 1.54) is 24.3 Å². The van der Waals surface area contributed by atoms with Crippen molar-refractivity contribution < 1.29 is 66.2 Å². The molecule has 1 amide bonds. The number of piperidine rings is 2. The zero-order valence-corrected chi connectivity index (χ0v) is 40.8. The lowest BCUT2D eigenvalue weighted by atomic mass is 10.0. The first-order valence-electron chi connectivity index (χ1n) is 21.9. The second kappa shape index (κ2) is 26.9. The number of H-pyrrole nitrogens is 2. The van der Waals surface area contributed by atoms with Crippen molar-refractivity contribution in [1.29, 1.82) is 0 Å². The number of rotatable bonds is 13. The van der Waals surface area contributed by atoms with E-state index >= 15 is 0 Å². The first kappa shape index (κ1) is 57.3. The number of aliphatic carboxylic acids is 1. The number of carboxylic acid groups (broad SMARTS) is 2. The Balaban J connectivity index is 0.000000204. The quantitative estimate of drug-likeness (QED) is 0.0514. The number of aliphatic hydroxyl groups is 2. The summed E-state index contributed by atoms with van der Waals surface area (Å²) >= 11 is 22.9. The summed E-state index contributed by atoms with van der Waals surface area (Å²) in [7, 11) is 0. The first-order chi connectivity index (χ1) is 34.0. The number of aromatic amines is 2. The number of aromatic nitrogens is 4. The highest BCUT2D eigenvalue weighted by molar-refractivity contribution is 6.32. The number of carbonyl (C=O) groups is 3. The second-order valence-corrected chi connectivity index (χ2v) is 18.1. The van der Waals surface area contributed by atoms with Crippen molar-refractivity contribution in [3.63, 3.8) is 0 Å². The number of nitrogens with one attached hydrogen (secondary N) is 3. The smallest absolute Gasteiger partial charge is 0.490 e. The molecule has 4 heterocycles. The number of aromatic carboxylic acids is 1. The number of fused-ring (bicyclic) bond motifs is 2. The number of nitrogens with two attached hydrogens (primary N) is 1. The molecule has 8 rings (SSSR count). The van der Waals surface area contributed by atoms with Crippen LogP contribution in [-0.4, -0.2) is 151 Å². The fourth-order valence-corrected chi connectivity index (χ4v) is 7.62. The van der Waals surface area contributed by atoms with Crippen LogP contribution in [0.15, 0.2) is 72.8 Å².